The van der Waals surface area contributed by atoms with E-state index >= 15 is 0 Å². The Hall–Kier alpha value is -1.51. The zero-order valence-corrected chi connectivity index (χ0v) is 11.3. The molecule has 0 heterocycles. The largest absolute Gasteiger partial charge is 0.484 e. The van der Waals surface area contributed by atoms with Crippen molar-refractivity contribution in [3.8, 4) is 0 Å². The SMILES string of the molecule is C=CC(CCC)NC(=O)COC1=CCC(C)C=C1. The van der Waals surface area contributed by atoms with E-state index in [4.69, 9.17) is 4.74 Å². The highest BCUT2D eigenvalue weighted by atomic mass is 16.5. The molecular formula is C15H23NO2. The molecule has 2 atom stereocenters. The molecule has 2 unspecified atom stereocenters. The number of hydrogen-bond donors (Lipinski definition) is 1. The topological polar surface area (TPSA) is 38.3 Å². The molecule has 1 aliphatic rings. The average molecular weight is 249 g/mol. The maximum absolute atomic E-state index is 11.7. The van der Waals surface area contributed by atoms with Crippen LogP contribution in [0.1, 0.15) is 33.1 Å². The maximum atomic E-state index is 11.7. The van der Waals surface area contributed by atoms with Crippen molar-refractivity contribution in [1.82, 2.24) is 5.32 Å². The second-order valence-corrected chi connectivity index (χ2v) is 4.67. The van der Waals surface area contributed by atoms with E-state index in [0.29, 0.717) is 5.92 Å². The predicted molar refractivity (Wildman–Crippen MR) is 74.0 cm³/mol. The Morgan fingerprint density at radius 2 is 2.50 bits per heavy atom. The van der Waals surface area contributed by atoms with Crippen molar-refractivity contribution in [3.63, 3.8) is 0 Å². The summed E-state index contributed by atoms with van der Waals surface area (Å²) >= 11 is 0. The molecular weight excluding hydrogens is 226 g/mol. The summed E-state index contributed by atoms with van der Waals surface area (Å²) in [6, 6.07) is 0.0435. The van der Waals surface area contributed by atoms with Gasteiger partial charge in [0.15, 0.2) is 6.61 Å². The van der Waals surface area contributed by atoms with E-state index < -0.39 is 0 Å². The van der Waals surface area contributed by atoms with Gasteiger partial charge < -0.3 is 10.1 Å². The van der Waals surface area contributed by atoms with Crippen molar-refractivity contribution in [2.75, 3.05) is 6.61 Å². The van der Waals surface area contributed by atoms with E-state index in [1.54, 1.807) is 6.08 Å². The first-order valence-corrected chi connectivity index (χ1v) is 6.58. The van der Waals surface area contributed by atoms with Crippen LogP contribution in [0.15, 0.2) is 36.6 Å². The fourth-order valence-electron chi connectivity index (χ4n) is 1.77. The van der Waals surface area contributed by atoms with Crippen LogP contribution in [0.2, 0.25) is 0 Å². The molecule has 0 radical (unpaired) electrons. The molecule has 100 valence electrons. The van der Waals surface area contributed by atoms with Crippen LogP contribution in [0.25, 0.3) is 0 Å². The Balaban J connectivity index is 2.29. The lowest BCUT2D eigenvalue weighted by molar-refractivity contribution is -0.124. The number of nitrogens with one attached hydrogen (secondary N) is 1. The Labute approximate surface area is 110 Å². The van der Waals surface area contributed by atoms with Gasteiger partial charge >= 0.3 is 0 Å². The molecule has 1 N–H and O–H groups in total. The number of carbonyl (C=O) groups is 1. The highest BCUT2D eigenvalue weighted by molar-refractivity contribution is 5.77. The van der Waals surface area contributed by atoms with E-state index in [0.717, 1.165) is 25.0 Å². The van der Waals surface area contributed by atoms with Crippen molar-refractivity contribution in [3.05, 3.63) is 36.6 Å². The number of ether oxygens (including phenoxy) is 1. The van der Waals surface area contributed by atoms with Crippen LogP contribution >= 0.6 is 0 Å². The number of rotatable bonds is 7. The fraction of sp³-hybridized carbons (Fsp3) is 0.533. The first-order chi connectivity index (χ1) is 8.65. The van der Waals surface area contributed by atoms with Crippen LogP contribution in [0.4, 0.5) is 0 Å². The van der Waals surface area contributed by atoms with Crippen molar-refractivity contribution >= 4 is 5.91 Å². The lowest BCUT2D eigenvalue weighted by atomic mass is 10.0. The van der Waals surface area contributed by atoms with Gasteiger partial charge in [0.05, 0.1) is 0 Å². The number of carbonyl (C=O) groups excluding carboxylic acids is 1. The molecule has 1 aliphatic carbocycles. The van der Waals surface area contributed by atoms with Gasteiger partial charge in [-0.15, -0.1) is 6.58 Å². The Morgan fingerprint density at radius 3 is 3.06 bits per heavy atom. The third kappa shape index (κ3) is 5.21. The molecule has 0 aliphatic heterocycles. The van der Waals surface area contributed by atoms with E-state index in [1.807, 2.05) is 12.2 Å². The Morgan fingerprint density at radius 1 is 1.72 bits per heavy atom. The van der Waals surface area contributed by atoms with E-state index in [1.165, 1.54) is 0 Å². The molecule has 0 aromatic rings. The molecule has 0 fully saturated rings. The van der Waals surface area contributed by atoms with Gasteiger partial charge in [-0.1, -0.05) is 32.4 Å². The van der Waals surface area contributed by atoms with Crippen molar-refractivity contribution in [1.29, 1.82) is 0 Å². The molecule has 3 heteroatoms. The fourth-order valence-corrected chi connectivity index (χ4v) is 1.77. The standard InChI is InChI=1S/C15H23NO2/c1-4-6-13(5-2)16-15(17)11-18-14-9-7-12(3)8-10-14/h5,7,9-10,12-13H,2,4,6,8,11H2,1,3H3,(H,16,17). The second kappa shape index (κ2) is 7.75. The van der Waals surface area contributed by atoms with Crippen LogP contribution in [-0.4, -0.2) is 18.6 Å². The van der Waals surface area contributed by atoms with E-state index in [9.17, 15) is 4.79 Å². The lowest BCUT2D eigenvalue weighted by Crippen LogP contribution is -2.35. The van der Waals surface area contributed by atoms with Crippen LogP contribution in [0.5, 0.6) is 0 Å². The minimum Gasteiger partial charge on any atom is -0.484 e. The molecule has 1 amide bonds. The quantitative estimate of drug-likeness (QED) is 0.704. The van der Waals surface area contributed by atoms with Gasteiger partial charge in [-0.3, -0.25) is 4.79 Å². The Bertz CT molecular complexity index is 344. The smallest absolute Gasteiger partial charge is 0.258 e. The van der Waals surface area contributed by atoms with E-state index in [2.05, 4.69) is 31.8 Å². The number of amides is 1. The highest BCUT2D eigenvalue weighted by Gasteiger charge is 2.10. The monoisotopic (exact) mass is 249 g/mol. The third-order valence-corrected chi connectivity index (χ3v) is 2.88. The first kappa shape index (κ1) is 14.6. The molecule has 0 aromatic heterocycles. The summed E-state index contributed by atoms with van der Waals surface area (Å²) in [4.78, 5) is 11.7. The summed E-state index contributed by atoms with van der Waals surface area (Å²) in [5.41, 5.74) is 0. The van der Waals surface area contributed by atoms with E-state index in [-0.39, 0.29) is 18.6 Å². The van der Waals surface area contributed by atoms with Crippen LogP contribution in [0, 0.1) is 5.92 Å². The molecule has 0 spiro atoms. The predicted octanol–water partition coefficient (Wildman–Crippen LogP) is 2.95. The molecule has 3 nitrogen and oxygen atoms in total. The molecule has 0 bridgehead atoms. The van der Waals surface area contributed by atoms with Crippen molar-refractivity contribution < 1.29 is 9.53 Å². The minimum absolute atomic E-state index is 0.0435. The van der Waals surface area contributed by atoms with Gasteiger partial charge in [-0.2, -0.15) is 0 Å². The summed E-state index contributed by atoms with van der Waals surface area (Å²) < 4.78 is 5.44. The molecule has 18 heavy (non-hydrogen) atoms. The normalized spacial score (nSPS) is 19.9. The summed E-state index contributed by atoms with van der Waals surface area (Å²) in [7, 11) is 0. The highest BCUT2D eigenvalue weighted by Crippen LogP contribution is 2.15. The van der Waals surface area contributed by atoms with Gasteiger partial charge in [0.25, 0.3) is 5.91 Å². The molecule has 0 saturated heterocycles. The Kier molecular flexibility index (Phi) is 6.26. The van der Waals surface area contributed by atoms with Gasteiger partial charge in [0.2, 0.25) is 0 Å². The van der Waals surface area contributed by atoms with Crippen LogP contribution in [0.3, 0.4) is 0 Å². The number of hydrogen-bond acceptors (Lipinski definition) is 2. The minimum atomic E-state index is -0.0960. The van der Waals surface area contributed by atoms with Gasteiger partial charge in [-0.05, 0) is 30.9 Å². The first-order valence-electron chi connectivity index (χ1n) is 6.58. The molecule has 0 aromatic carbocycles. The van der Waals surface area contributed by atoms with Gasteiger partial charge in [0, 0.05) is 6.04 Å². The zero-order valence-electron chi connectivity index (χ0n) is 11.3. The van der Waals surface area contributed by atoms with Gasteiger partial charge in [-0.25, -0.2) is 0 Å². The zero-order chi connectivity index (χ0) is 13.4. The second-order valence-electron chi connectivity index (χ2n) is 4.67. The van der Waals surface area contributed by atoms with Crippen molar-refractivity contribution in [2.24, 2.45) is 5.92 Å². The maximum Gasteiger partial charge on any atom is 0.258 e. The van der Waals surface area contributed by atoms with Gasteiger partial charge in [0.1, 0.15) is 5.76 Å². The van der Waals surface area contributed by atoms with Crippen molar-refractivity contribution in [2.45, 2.75) is 39.2 Å². The summed E-state index contributed by atoms with van der Waals surface area (Å²) in [5.74, 6) is 1.25. The number of allylic oxidation sites excluding steroid dienone is 3. The molecule has 0 saturated carbocycles. The lowest BCUT2D eigenvalue weighted by Gasteiger charge is -2.16. The van der Waals surface area contributed by atoms with Crippen LogP contribution < -0.4 is 5.32 Å². The van der Waals surface area contributed by atoms with Crippen LogP contribution in [-0.2, 0) is 9.53 Å². The third-order valence-electron chi connectivity index (χ3n) is 2.88. The summed E-state index contributed by atoms with van der Waals surface area (Å²) in [6.45, 7) is 8.01. The molecule has 1 rings (SSSR count). The summed E-state index contributed by atoms with van der Waals surface area (Å²) in [5, 5.41) is 2.88. The summed E-state index contributed by atoms with van der Waals surface area (Å²) in [6.07, 6.45) is 10.7. The average Bonchev–Trinajstić information content (AvgIpc) is 2.37.